The van der Waals surface area contributed by atoms with Gasteiger partial charge in [0, 0.05) is 5.69 Å². The second-order valence-electron chi connectivity index (χ2n) is 6.21. The number of carbonyl (C=O) groups is 4. The number of fused-ring (bicyclic) bond motifs is 1. The van der Waals surface area contributed by atoms with Crippen LogP contribution in [0.25, 0.3) is 0 Å². The minimum atomic E-state index is -1.02. The van der Waals surface area contributed by atoms with Crippen molar-refractivity contribution in [1.29, 1.82) is 0 Å². The number of rotatable bonds is 4. The molecule has 3 rings (SSSR count). The standard InChI is InChI=1S/C20H18N2O5/c1-11-8-9-13(20(26)27-3)10-16(11)21-17(23)12(2)22-18(24)14-6-4-5-7-15(14)19(22)25/h4-10,12H,1-3H3,(H,21,23). The van der Waals surface area contributed by atoms with Gasteiger partial charge in [0.1, 0.15) is 6.04 Å². The van der Waals surface area contributed by atoms with Gasteiger partial charge >= 0.3 is 5.97 Å². The van der Waals surface area contributed by atoms with Gasteiger partial charge in [-0.05, 0) is 43.7 Å². The minimum Gasteiger partial charge on any atom is -0.465 e. The molecule has 0 aromatic heterocycles. The molecule has 1 heterocycles. The number of aryl methyl sites for hydroxylation is 1. The van der Waals surface area contributed by atoms with Crippen LogP contribution in [0.3, 0.4) is 0 Å². The van der Waals surface area contributed by atoms with Gasteiger partial charge in [-0.15, -0.1) is 0 Å². The Kier molecular flexibility index (Phi) is 4.77. The molecule has 1 atom stereocenters. The molecule has 27 heavy (non-hydrogen) atoms. The van der Waals surface area contributed by atoms with Crippen LogP contribution in [0.2, 0.25) is 0 Å². The first-order valence-electron chi connectivity index (χ1n) is 8.32. The normalized spacial score (nSPS) is 14.0. The number of ether oxygens (including phenoxy) is 1. The van der Waals surface area contributed by atoms with Crippen molar-refractivity contribution in [1.82, 2.24) is 4.90 Å². The number of benzene rings is 2. The van der Waals surface area contributed by atoms with Crippen LogP contribution in [-0.4, -0.2) is 41.7 Å². The number of amides is 3. The summed E-state index contributed by atoms with van der Waals surface area (Å²) >= 11 is 0. The maximum Gasteiger partial charge on any atom is 0.337 e. The predicted octanol–water partition coefficient (Wildman–Crippen LogP) is 2.40. The monoisotopic (exact) mass is 366 g/mol. The lowest BCUT2D eigenvalue weighted by atomic mass is 10.1. The molecule has 7 heteroatoms. The Bertz CT molecular complexity index is 932. The number of anilines is 1. The maximum absolute atomic E-state index is 12.7. The van der Waals surface area contributed by atoms with Crippen LogP contribution in [-0.2, 0) is 9.53 Å². The van der Waals surface area contributed by atoms with Crippen LogP contribution in [0.5, 0.6) is 0 Å². The van der Waals surface area contributed by atoms with Crippen molar-refractivity contribution in [2.75, 3.05) is 12.4 Å². The number of methoxy groups -OCH3 is 1. The summed E-state index contributed by atoms with van der Waals surface area (Å²) in [7, 11) is 1.27. The summed E-state index contributed by atoms with van der Waals surface area (Å²) in [5.41, 5.74) is 1.99. The van der Waals surface area contributed by atoms with Crippen LogP contribution in [0.15, 0.2) is 42.5 Å². The van der Waals surface area contributed by atoms with E-state index in [0.29, 0.717) is 5.69 Å². The van der Waals surface area contributed by atoms with Crippen molar-refractivity contribution in [2.24, 2.45) is 0 Å². The summed E-state index contributed by atoms with van der Waals surface area (Å²) in [5.74, 6) is -2.06. The highest BCUT2D eigenvalue weighted by Crippen LogP contribution is 2.25. The highest BCUT2D eigenvalue weighted by molar-refractivity contribution is 6.23. The second kappa shape index (κ2) is 7.03. The van der Waals surface area contributed by atoms with E-state index in [-0.39, 0.29) is 16.7 Å². The molecule has 3 amide bonds. The van der Waals surface area contributed by atoms with E-state index in [1.54, 1.807) is 43.3 Å². The number of hydrogen-bond acceptors (Lipinski definition) is 5. The third-order valence-corrected chi connectivity index (χ3v) is 4.51. The summed E-state index contributed by atoms with van der Waals surface area (Å²) in [6, 6.07) is 10.2. The highest BCUT2D eigenvalue weighted by atomic mass is 16.5. The van der Waals surface area contributed by atoms with Crippen LogP contribution < -0.4 is 5.32 Å². The fourth-order valence-electron chi connectivity index (χ4n) is 2.92. The Morgan fingerprint density at radius 1 is 1.04 bits per heavy atom. The fourth-order valence-corrected chi connectivity index (χ4v) is 2.92. The summed E-state index contributed by atoms with van der Waals surface area (Å²) in [5, 5.41) is 2.68. The van der Waals surface area contributed by atoms with E-state index in [0.717, 1.165) is 10.5 Å². The van der Waals surface area contributed by atoms with Crippen molar-refractivity contribution in [2.45, 2.75) is 19.9 Å². The molecule has 2 aromatic carbocycles. The average molecular weight is 366 g/mol. The molecule has 0 spiro atoms. The third-order valence-electron chi connectivity index (χ3n) is 4.51. The maximum atomic E-state index is 12.7. The van der Waals surface area contributed by atoms with E-state index in [9.17, 15) is 19.2 Å². The lowest BCUT2D eigenvalue weighted by Crippen LogP contribution is -2.45. The molecule has 1 N–H and O–H groups in total. The molecular weight excluding hydrogens is 348 g/mol. The zero-order chi connectivity index (χ0) is 19.7. The van der Waals surface area contributed by atoms with Gasteiger partial charge < -0.3 is 10.1 Å². The molecule has 1 unspecified atom stereocenters. The van der Waals surface area contributed by atoms with E-state index in [1.165, 1.54) is 20.1 Å². The first-order chi connectivity index (χ1) is 12.8. The van der Waals surface area contributed by atoms with Crippen molar-refractivity contribution in [3.8, 4) is 0 Å². The third kappa shape index (κ3) is 3.19. The molecule has 1 aliphatic rings. The van der Waals surface area contributed by atoms with Gasteiger partial charge in [-0.1, -0.05) is 18.2 Å². The van der Waals surface area contributed by atoms with Gasteiger partial charge in [-0.25, -0.2) is 4.79 Å². The van der Waals surface area contributed by atoms with Gasteiger partial charge in [0.2, 0.25) is 5.91 Å². The van der Waals surface area contributed by atoms with E-state index < -0.39 is 29.7 Å². The number of hydrogen-bond donors (Lipinski definition) is 1. The SMILES string of the molecule is COC(=O)c1ccc(C)c(NC(=O)C(C)N2C(=O)c3ccccc3C2=O)c1. The van der Waals surface area contributed by atoms with Crippen LogP contribution in [0, 0.1) is 6.92 Å². The van der Waals surface area contributed by atoms with Crippen LogP contribution in [0.4, 0.5) is 5.69 Å². The topological polar surface area (TPSA) is 92.8 Å². The number of nitrogens with one attached hydrogen (secondary N) is 1. The minimum absolute atomic E-state index is 0.283. The van der Waals surface area contributed by atoms with Gasteiger partial charge in [-0.3, -0.25) is 19.3 Å². The summed E-state index contributed by atoms with van der Waals surface area (Å²) in [6.45, 7) is 3.25. The van der Waals surface area contributed by atoms with Crippen molar-refractivity contribution in [3.63, 3.8) is 0 Å². The quantitative estimate of drug-likeness (QED) is 0.663. The van der Waals surface area contributed by atoms with Crippen molar-refractivity contribution >= 4 is 29.4 Å². The van der Waals surface area contributed by atoms with E-state index in [4.69, 9.17) is 0 Å². The molecule has 0 aliphatic carbocycles. The zero-order valence-electron chi connectivity index (χ0n) is 15.1. The molecule has 0 fully saturated rings. The molecule has 138 valence electrons. The summed E-state index contributed by atoms with van der Waals surface area (Å²) in [6.07, 6.45) is 0. The molecule has 0 bridgehead atoms. The number of nitrogens with zero attached hydrogens (tertiary/aromatic N) is 1. The van der Waals surface area contributed by atoms with Gasteiger partial charge in [0.15, 0.2) is 0 Å². The van der Waals surface area contributed by atoms with Gasteiger partial charge in [0.05, 0.1) is 23.8 Å². The summed E-state index contributed by atoms with van der Waals surface area (Å²) in [4.78, 5) is 50.3. The molecule has 0 saturated heterocycles. The Morgan fingerprint density at radius 2 is 1.63 bits per heavy atom. The molecule has 0 radical (unpaired) electrons. The molecule has 1 aliphatic heterocycles. The lowest BCUT2D eigenvalue weighted by molar-refractivity contribution is -0.119. The predicted molar refractivity (Wildman–Crippen MR) is 97.6 cm³/mol. The largest absolute Gasteiger partial charge is 0.465 e. The zero-order valence-corrected chi connectivity index (χ0v) is 15.1. The van der Waals surface area contributed by atoms with E-state index in [1.807, 2.05) is 0 Å². The fraction of sp³-hybridized carbons (Fsp3) is 0.200. The highest BCUT2D eigenvalue weighted by Gasteiger charge is 2.40. The Balaban J connectivity index is 1.83. The Labute approximate surface area is 155 Å². The van der Waals surface area contributed by atoms with E-state index in [2.05, 4.69) is 10.1 Å². The molecule has 0 saturated carbocycles. The first kappa shape index (κ1) is 18.3. The van der Waals surface area contributed by atoms with Crippen molar-refractivity contribution < 1.29 is 23.9 Å². The first-order valence-corrected chi connectivity index (χ1v) is 8.32. The van der Waals surface area contributed by atoms with Gasteiger partial charge in [-0.2, -0.15) is 0 Å². The van der Waals surface area contributed by atoms with Crippen LogP contribution >= 0.6 is 0 Å². The average Bonchev–Trinajstić information content (AvgIpc) is 2.93. The smallest absolute Gasteiger partial charge is 0.337 e. The van der Waals surface area contributed by atoms with E-state index >= 15 is 0 Å². The number of imide groups is 1. The lowest BCUT2D eigenvalue weighted by Gasteiger charge is -2.22. The summed E-state index contributed by atoms with van der Waals surface area (Å²) < 4.78 is 4.68. The van der Waals surface area contributed by atoms with Crippen LogP contribution in [0.1, 0.15) is 43.6 Å². The number of esters is 1. The van der Waals surface area contributed by atoms with Crippen molar-refractivity contribution in [3.05, 3.63) is 64.7 Å². The Morgan fingerprint density at radius 3 is 2.19 bits per heavy atom. The number of carbonyl (C=O) groups excluding carboxylic acids is 4. The molecular formula is C20H18N2O5. The molecule has 7 nitrogen and oxygen atoms in total. The van der Waals surface area contributed by atoms with Gasteiger partial charge in [0.25, 0.3) is 11.8 Å². The molecule has 2 aromatic rings. The Hall–Kier alpha value is -3.48. The second-order valence-corrected chi connectivity index (χ2v) is 6.21.